The van der Waals surface area contributed by atoms with Crippen molar-refractivity contribution in [1.29, 1.82) is 0 Å². The van der Waals surface area contributed by atoms with Crippen LogP contribution in [-0.4, -0.2) is 35.8 Å². The second-order valence-electron chi connectivity index (χ2n) is 6.44. The minimum Gasteiger partial charge on any atom is -0.486 e. The highest BCUT2D eigenvalue weighted by Gasteiger charge is 2.27. The van der Waals surface area contributed by atoms with Crippen molar-refractivity contribution in [3.8, 4) is 5.75 Å². The zero-order valence-electron chi connectivity index (χ0n) is 13.7. The van der Waals surface area contributed by atoms with E-state index in [0.717, 1.165) is 42.5 Å². The number of hydrogen-bond acceptors (Lipinski definition) is 3. The molecule has 3 heterocycles. The van der Waals surface area contributed by atoms with Gasteiger partial charge in [0.2, 0.25) is 0 Å². The highest BCUT2D eigenvalue weighted by Crippen LogP contribution is 2.38. The Bertz CT molecular complexity index is 780. The number of hydrogen-bond donors (Lipinski definition) is 1. The first kappa shape index (κ1) is 15.8. The highest BCUT2D eigenvalue weighted by atomic mass is 35.5. The van der Waals surface area contributed by atoms with E-state index >= 15 is 0 Å². The van der Waals surface area contributed by atoms with E-state index in [2.05, 4.69) is 12.2 Å². The first-order chi connectivity index (χ1) is 11.7. The van der Waals surface area contributed by atoms with E-state index in [1.807, 2.05) is 22.8 Å². The number of halogens is 1. The molecule has 6 heteroatoms. The Balaban J connectivity index is 1.67. The van der Waals surface area contributed by atoms with Gasteiger partial charge in [-0.1, -0.05) is 18.5 Å². The number of rotatable bonds is 4. The monoisotopic (exact) mass is 348 g/mol. The van der Waals surface area contributed by atoms with Crippen LogP contribution in [0.15, 0.2) is 18.2 Å². The normalized spacial score (nSPS) is 22.6. The van der Waals surface area contributed by atoms with Crippen molar-refractivity contribution in [1.82, 2.24) is 9.88 Å². The molecular formula is C18H21ClN2O3. The molecule has 1 aromatic heterocycles. The second kappa shape index (κ2) is 6.30. The van der Waals surface area contributed by atoms with Crippen LogP contribution in [0.5, 0.6) is 5.75 Å². The van der Waals surface area contributed by atoms with E-state index in [1.165, 1.54) is 0 Å². The largest absolute Gasteiger partial charge is 0.486 e. The van der Waals surface area contributed by atoms with E-state index in [9.17, 15) is 4.79 Å². The summed E-state index contributed by atoms with van der Waals surface area (Å²) in [4.78, 5) is 12.7. The molecule has 1 aromatic carbocycles. The third-order valence-corrected chi connectivity index (χ3v) is 5.18. The van der Waals surface area contributed by atoms with E-state index in [0.29, 0.717) is 23.8 Å². The number of aromatic nitrogens is 1. The first-order valence-electron chi connectivity index (χ1n) is 8.55. The van der Waals surface area contributed by atoms with Crippen molar-refractivity contribution in [3.05, 3.63) is 28.9 Å². The van der Waals surface area contributed by atoms with Gasteiger partial charge < -0.3 is 19.4 Å². The summed E-state index contributed by atoms with van der Waals surface area (Å²) in [5.41, 5.74) is 1.55. The van der Waals surface area contributed by atoms with Crippen LogP contribution in [-0.2, 0) is 11.3 Å². The van der Waals surface area contributed by atoms with Crippen LogP contribution in [0.4, 0.5) is 0 Å². The van der Waals surface area contributed by atoms with Gasteiger partial charge >= 0.3 is 0 Å². The Morgan fingerprint density at radius 1 is 1.42 bits per heavy atom. The van der Waals surface area contributed by atoms with Crippen LogP contribution < -0.4 is 10.1 Å². The third-order valence-electron chi connectivity index (χ3n) is 4.85. The van der Waals surface area contributed by atoms with Gasteiger partial charge in [-0.25, -0.2) is 0 Å². The number of nitrogens with one attached hydrogen (secondary N) is 1. The van der Waals surface area contributed by atoms with E-state index in [-0.39, 0.29) is 18.1 Å². The molecule has 0 spiro atoms. The van der Waals surface area contributed by atoms with Gasteiger partial charge in [-0.05, 0) is 37.5 Å². The van der Waals surface area contributed by atoms with Crippen LogP contribution in [0, 0.1) is 0 Å². The van der Waals surface area contributed by atoms with Crippen molar-refractivity contribution in [2.75, 3.05) is 13.2 Å². The first-order valence-corrected chi connectivity index (χ1v) is 8.93. The summed E-state index contributed by atoms with van der Waals surface area (Å²) in [7, 11) is 0. The van der Waals surface area contributed by atoms with Gasteiger partial charge in [-0.2, -0.15) is 0 Å². The molecule has 4 rings (SSSR count). The Morgan fingerprint density at radius 3 is 3.04 bits per heavy atom. The summed E-state index contributed by atoms with van der Waals surface area (Å²) in [5.74, 6) is 0.714. The Kier molecular flexibility index (Phi) is 4.14. The molecule has 2 aromatic rings. The highest BCUT2D eigenvalue weighted by molar-refractivity contribution is 6.36. The molecule has 1 N–H and O–H groups in total. The summed E-state index contributed by atoms with van der Waals surface area (Å²) >= 11 is 6.33. The molecule has 0 aliphatic carbocycles. The van der Waals surface area contributed by atoms with Crippen LogP contribution >= 0.6 is 11.6 Å². The lowest BCUT2D eigenvalue weighted by Gasteiger charge is -2.26. The molecular weight excluding hydrogens is 328 g/mol. The topological polar surface area (TPSA) is 52.5 Å². The predicted molar refractivity (Wildman–Crippen MR) is 93.0 cm³/mol. The van der Waals surface area contributed by atoms with Gasteiger partial charge in [0.05, 0.1) is 23.2 Å². The minimum atomic E-state index is -0.0829. The van der Waals surface area contributed by atoms with Crippen molar-refractivity contribution in [2.24, 2.45) is 0 Å². The van der Waals surface area contributed by atoms with Gasteiger partial charge in [0, 0.05) is 18.5 Å². The van der Waals surface area contributed by atoms with Crippen molar-refractivity contribution < 1.29 is 14.3 Å². The van der Waals surface area contributed by atoms with Crippen molar-refractivity contribution in [3.63, 3.8) is 0 Å². The Hall–Kier alpha value is -1.72. The Morgan fingerprint density at radius 2 is 2.29 bits per heavy atom. The molecule has 0 bridgehead atoms. The molecule has 2 atom stereocenters. The second-order valence-corrected chi connectivity index (χ2v) is 6.85. The molecule has 0 saturated carbocycles. The smallest absolute Gasteiger partial charge is 0.268 e. The molecule has 5 nitrogen and oxygen atoms in total. The fraction of sp³-hybridized carbons (Fsp3) is 0.500. The zero-order chi connectivity index (χ0) is 16.7. The standard InChI is InChI=1S/C18H21ClN2O3/c1-2-11-10-21-15(18(22)20-9-12-4-3-7-23-12)8-13-14(19)5-6-16(24-11)17(13)21/h5-6,8,11-12H,2-4,7,9-10H2,1H3,(H,20,22)/t11-,12-/m1/s1. The SMILES string of the molecule is CC[C@@H]1Cn2c(C(=O)NC[C@H]3CCCO3)cc3c(Cl)ccc(c32)O1. The average molecular weight is 349 g/mol. The molecule has 1 amide bonds. The van der Waals surface area contributed by atoms with Crippen molar-refractivity contribution >= 4 is 28.4 Å². The van der Waals surface area contributed by atoms with E-state index in [4.69, 9.17) is 21.1 Å². The maximum absolute atomic E-state index is 12.7. The van der Waals surface area contributed by atoms with Gasteiger partial charge in [-0.3, -0.25) is 4.79 Å². The number of amides is 1. The number of ether oxygens (including phenoxy) is 2. The van der Waals surface area contributed by atoms with Gasteiger partial charge in [0.1, 0.15) is 17.5 Å². The summed E-state index contributed by atoms with van der Waals surface area (Å²) in [6.07, 6.45) is 3.16. The molecule has 24 heavy (non-hydrogen) atoms. The van der Waals surface area contributed by atoms with Crippen molar-refractivity contribution in [2.45, 2.75) is 44.9 Å². The molecule has 2 aliphatic rings. The Labute approximate surface area is 145 Å². The fourth-order valence-corrected chi connectivity index (χ4v) is 3.73. The average Bonchev–Trinajstić information content (AvgIpc) is 3.24. The lowest BCUT2D eigenvalue weighted by molar-refractivity contribution is 0.0845. The molecule has 0 unspecified atom stereocenters. The van der Waals surface area contributed by atoms with Crippen LogP contribution in [0.25, 0.3) is 10.9 Å². The third kappa shape index (κ3) is 2.66. The van der Waals surface area contributed by atoms with Gasteiger partial charge in [0.15, 0.2) is 0 Å². The van der Waals surface area contributed by atoms with Gasteiger partial charge in [-0.15, -0.1) is 0 Å². The lowest BCUT2D eigenvalue weighted by atomic mass is 10.2. The molecule has 0 radical (unpaired) electrons. The summed E-state index contributed by atoms with van der Waals surface area (Å²) < 4.78 is 13.6. The lowest BCUT2D eigenvalue weighted by Crippen LogP contribution is -2.35. The number of carbonyl (C=O) groups excluding carboxylic acids is 1. The summed E-state index contributed by atoms with van der Waals surface area (Å²) in [5, 5.41) is 4.51. The summed E-state index contributed by atoms with van der Waals surface area (Å²) in [6, 6.07) is 5.58. The molecule has 1 saturated heterocycles. The fourth-order valence-electron chi connectivity index (χ4n) is 3.52. The molecule has 1 fully saturated rings. The van der Waals surface area contributed by atoms with E-state index in [1.54, 1.807) is 0 Å². The van der Waals surface area contributed by atoms with Crippen LogP contribution in [0.2, 0.25) is 5.02 Å². The predicted octanol–water partition coefficient (Wildman–Crippen LogP) is 3.37. The zero-order valence-corrected chi connectivity index (χ0v) is 14.4. The number of benzene rings is 1. The molecule has 128 valence electrons. The van der Waals surface area contributed by atoms with Crippen LogP contribution in [0.3, 0.4) is 0 Å². The maximum atomic E-state index is 12.7. The van der Waals surface area contributed by atoms with Crippen LogP contribution in [0.1, 0.15) is 36.7 Å². The van der Waals surface area contributed by atoms with E-state index < -0.39 is 0 Å². The quantitative estimate of drug-likeness (QED) is 0.921. The maximum Gasteiger partial charge on any atom is 0.268 e. The minimum absolute atomic E-state index is 0.0685. The van der Waals surface area contributed by atoms with Gasteiger partial charge in [0.25, 0.3) is 5.91 Å². The summed E-state index contributed by atoms with van der Waals surface area (Å²) in [6.45, 7) is 4.09. The number of carbonyl (C=O) groups is 1. The molecule has 2 aliphatic heterocycles. The number of nitrogens with zero attached hydrogens (tertiary/aromatic N) is 1.